The van der Waals surface area contributed by atoms with E-state index in [2.05, 4.69) is 0 Å². The quantitative estimate of drug-likeness (QED) is 0.471. The number of carboxylic acid groups (broad SMARTS) is 2. The molecule has 0 saturated carbocycles. The van der Waals surface area contributed by atoms with Crippen molar-refractivity contribution in [3.05, 3.63) is 35.4 Å². The van der Waals surface area contributed by atoms with Gasteiger partial charge >= 0.3 is 11.9 Å². The minimum absolute atomic E-state index is 0.145. The Labute approximate surface area is 101 Å². The predicted molar refractivity (Wildman–Crippen MR) is 63.9 cm³/mol. The van der Waals surface area contributed by atoms with Crippen molar-refractivity contribution in [2.75, 3.05) is 5.73 Å². The Morgan fingerprint density at radius 1 is 0.944 bits per heavy atom. The van der Waals surface area contributed by atoms with E-state index < -0.39 is 28.8 Å². The van der Waals surface area contributed by atoms with E-state index in [1.165, 1.54) is 12.1 Å². The second-order valence-electron chi connectivity index (χ2n) is 3.67. The zero-order chi connectivity index (χ0) is 13.4. The minimum Gasteiger partial charge on any atom is -0.505 e. The molecule has 0 aliphatic rings. The van der Waals surface area contributed by atoms with Crippen LogP contribution in [-0.2, 0) is 0 Å². The molecule has 0 aromatic heterocycles. The van der Waals surface area contributed by atoms with Crippen molar-refractivity contribution in [3.63, 3.8) is 0 Å². The van der Waals surface area contributed by atoms with E-state index in [0.29, 0.717) is 5.39 Å². The fourth-order valence-electron chi connectivity index (χ4n) is 1.88. The van der Waals surface area contributed by atoms with Crippen LogP contribution in [0.15, 0.2) is 24.3 Å². The number of anilines is 1. The predicted octanol–water partition coefficient (Wildman–Crippen LogP) is 1.52. The molecule has 0 spiro atoms. The van der Waals surface area contributed by atoms with Crippen LogP contribution >= 0.6 is 0 Å². The van der Waals surface area contributed by atoms with Crippen LogP contribution in [-0.4, -0.2) is 27.3 Å². The molecule has 0 atom stereocenters. The Morgan fingerprint density at radius 2 is 1.44 bits per heavy atom. The first-order chi connectivity index (χ1) is 8.45. The Hall–Kier alpha value is -2.76. The summed E-state index contributed by atoms with van der Waals surface area (Å²) in [5.41, 5.74) is 4.31. The SMILES string of the molecule is Nc1c(O)c(C(=O)O)c(C(=O)O)c2ccccc12. The molecule has 6 nitrogen and oxygen atoms in total. The maximum Gasteiger partial charge on any atom is 0.340 e. The first-order valence-electron chi connectivity index (χ1n) is 4.95. The molecule has 18 heavy (non-hydrogen) atoms. The van der Waals surface area contributed by atoms with Crippen molar-refractivity contribution >= 4 is 28.4 Å². The number of benzene rings is 2. The summed E-state index contributed by atoms with van der Waals surface area (Å²) in [6.07, 6.45) is 0. The fraction of sp³-hybridized carbons (Fsp3) is 0. The van der Waals surface area contributed by atoms with Gasteiger partial charge in [-0.05, 0) is 5.39 Å². The molecule has 0 fully saturated rings. The van der Waals surface area contributed by atoms with Gasteiger partial charge in [-0.15, -0.1) is 0 Å². The Bertz CT molecular complexity index is 678. The third-order valence-electron chi connectivity index (χ3n) is 2.66. The van der Waals surface area contributed by atoms with E-state index in [9.17, 15) is 14.7 Å². The van der Waals surface area contributed by atoms with Gasteiger partial charge in [0.05, 0.1) is 11.3 Å². The third-order valence-corrected chi connectivity index (χ3v) is 2.66. The summed E-state index contributed by atoms with van der Waals surface area (Å²) in [4.78, 5) is 22.3. The van der Waals surface area contributed by atoms with Crippen LogP contribution in [0, 0.1) is 0 Å². The summed E-state index contributed by atoms with van der Waals surface area (Å²) in [7, 11) is 0. The van der Waals surface area contributed by atoms with Crippen molar-refractivity contribution in [2.24, 2.45) is 0 Å². The summed E-state index contributed by atoms with van der Waals surface area (Å²) in [5, 5.41) is 28.3. The molecule has 2 rings (SSSR count). The Kier molecular flexibility index (Phi) is 2.55. The largest absolute Gasteiger partial charge is 0.505 e. The average molecular weight is 247 g/mol. The van der Waals surface area contributed by atoms with Crippen molar-refractivity contribution < 1.29 is 24.9 Å². The minimum atomic E-state index is -1.54. The summed E-state index contributed by atoms with van der Waals surface area (Å²) in [5.74, 6) is -3.69. The number of aromatic carboxylic acids is 2. The number of nitrogens with two attached hydrogens (primary N) is 1. The third kappa shape index (κ3) is 1.51. The Morgan fingerprint density at radius 3 is 1.94 bits per heavy atom. The smallest absolute Gasteiger partial charge is 0.340 e. The molecule has 0 heterocycles. The van der Waals surface area contributed by atoms with E-state index in [-0.39, 0.29) is 11.1 Å². The lowest BCUT2D eigenvalue weighted by Gasteiger charge is -2.12. The molecule has 2 aromatic rings. The second kappa shape index (κ2) is 3.92. The molecule has 0 saturated heterocycles. The molecular weight excluding hydrogens is 238 g/mol. The molecule has 92 valence electrons. The van der Waals surface area contributed by atoms with Crippen LogP contribution in [0.25, 0.3) is 10.8 Å². The lowest BCUT2D eigenvalue weighted by atomic mass is 9.96. The number of hydrogen-bond donors (Lipinski definition) is 4. The highest BCUT2D eigenvalue weighted by molar-refractivity contribution is 6.17. The molecular formula is C12H9NO5. The molecule has 0 amide bonds. The maximum atomic E-state index is 11.2. The van der Waals surface area contributed by atoms with Gasteiger partial charge in [0, 0.05) is 5.39 Å². The lowest BCUT2D eigenvalue weighted by Crippen LogP contribution is -2.10. The van der Waals surface area contributed by atoms with Crippen molar-refractivity contribution in [2.45, 2.75) is 0 Å². The Balaban J connectivity index is 3.08. The highest BCUT2D eigenvalue weighted by Gasteiger charge is 2.26. The van der Waals surface area contributed by atoms with Gasteiger partial charge in [0.2, 0.25) is 0 Å². The zero-order valence-corrected chi connectivity index (χ0v) is 9.04. The molecule has 5 N–H and O–H groups in total. The average Bonchev–Trinajstić information content (AvgIpc) is 2.32. The molecule has 0 bridgehead atoms. The lowest BCUT2D eigenvalue weighted by molar-refractivity contribution is 0.0650. The number of hydrogen-bond acceptors (Lipinski definition) is 4. The molecule has 6 heteroatoms. The van der Waals surface area contributed by atoms with Gasteiger partial charge in [-0.1, -0.05) is 24.3 Å². The number of phenols is 1. The first-order valence-corrected chi connectivity index (χ1v) is 4.95. The van der Waals surface area contributed by atoms with Gasteiger partial charge in [0.15, 0.2) is 5.75 Å². The highest BCUT2D eigenvalue weighted by Crippen LogP contribution is 2.37. The van der Waals surface area contributed by atoms with Crippen molar-refractivity contribution in [1.82, 2.24) is 0 Å². The van der Waals surface area contributed by atoms with Crippen LogP contribution in [0.1, 0.15) is 20.7 Å². The van der Waals surface area contributed by atoms with Gasteiger partial charge in [-0.25, -0.2) is 9.59 Å². The standard InChI is InChI=1S/C12H9NO5/c13-9-6-4-2-1-3-5(6)7(11(15)16)8(10(9)14)12(17)18/h1-4,14H,13H2,(H,15,16)(H,17,18). The number of aromatic hydroxyl groups is 1. The molecule has 0 aliphatic carbocycles. The van der Waals surface area contributed by atoms with Gasteiger partial charge in [-0.3, -0.25) is 0 Å². The van der Waals surface area contributed by atoms with E-state index in [1.807, 2.05) is 0 Å². The van der Waals surface area contributed by atoms with Gasteiger partial charge in [0.1, 0.15) is 5.56 Å². The normalized spacial score (nSPS) is 10.4. The maximum absolute atomic E-state index is 11.2. The van der Waals surface area contributed by atoms with E-state index in [1.54, 1.807) is 12.1 Å². The summed E-state index contributed by atoms with van der Waals surface area (Å²) < 4.78 is 0. The van der Waals surface area contributed by atoms with Gasteiger partial charge < -0.3 is 21.1 Å². The number of fused-ring (bicyclic) bond motifs is 1. The van der Waals surface area contributed by atoms with Crippen molar-refractivity contribution in [3.8, 4) is 5.75 Å². The zero-order valence-electron chi connectivity index (χ0n) is 9.04. The van der Waals surface area contributed by atoms with Gasteiger partial charge in [0.25, 0.3) is 0 Å². The van der Waals surface area contributed by atoms with Crippen LogP contribution in [0.5, 0.6) is 5.75 Å². The van der Waals surface area contributed by atoms with E-state index in [4.69, 9.17) is 15.9 Å². The van der Waals surface area contributed by atoms with Crippen molar-refractivity contribution in [1.29, 1.82) is 0 Å². The summed E-state index contributed by atoms with van der Waals surface area (Å²) >= 11 is 0. The molecule has 0 aliphatic heterocycles. The second-order valence-corrected chi connectivity index (χ2v) is 3.67. The molecule has 0 radical (unpaired) electrons. The fourth-order valence-corrected chi connectivity index (χ4v) is 1.88. The summed E-state index contributed by atoms with van der Waals surface area (Å²) in [6.45, 7) is 0. The monoisotopic (exact) mass is 247 g/mol. The van der Waals surface area contributed by atoms with E-state index >= 15 is 0 Å². The first kappa shape index (κ1) is 11.7. The topological polar surface area (TPSA) is 121 Å². The number of nitrogen functional groups attached to an aromatic ring is 1. The number of carboxylic acids is 2. The molecule has 2 aromatic carbocycles. The number of rotatable bonds is 2. The van der Waals surface area contributed by atoms with Crippen LogP contribution in [0.3, 0.4) is 0 Å². The molecule has 0 unspecified atom stereocenters. The highest BCUT2D eigenvalue weighted by atomic mass is 16.4. The van der Waals surface area contributed by atoms with Crippen LogP contribution in [0.2, 0.25) is 0 Å². The van der Waals surface area contributed by atoms with Crippen LogP contribution in [0.4, 0.5) is 5.69 Å². The van der Waals surface area contributed by atoms with E-state index in [0.717, 1.165) is 0 Å². The number of carbonyl (C=O) groups is 2. The van der Waals surface area contributed by atoms with Crippen LogP contribution < -0.4 is 5.73 Å². The van der Waals surface area contributed by atoms with Gasteiger partial charge in [-0.2, -0.15) is 0 Å². The summed E-state index contributed by atoms with van der Waals surface area (Å²) in [6, 6.07) is 6.14.